The number of fused-ring (bicyclic) bond motifs is 1. The molecular weight excluding hydrogens is 465 g/mol. The normalized spacial score (nSPS) is 16.5. The summed E-state index contributed by atoms with van der Waals surface area (Å²) in [5, 5.41) is 10.2. The molecular formula is C23H27F3N6O3. The number of benzene rings is 2. The van der Waals surface area contributed by atoms with E-state index < -0.39 is 12.1 Å². The van der Waals surface area contributed by atoms with Crippen molar-refractivity contribution < 1.29 is 27.9 Å². The fraction of sp³-hybridized carbons (Fsp3) is 0.348. The van der Waals surface area contributed by atoms with Crippen LogP contribution in [0.2, 0.25) is 0 Å². The summed E-state index contributed by atoms with van der Waals surface area (Å²) < 4.78 is 33.8. The third-order valence-electron chi connectivity index (χ3n) is 5.57. The number of aliphatic carboxylic acids is 1. The van der Waals surface area contributed by atoms with Crippen LogP contribution in [-0.4, -0.2) is 81.9 Å². The van der Waals surface area contributed by atoms with Crippen LogP contribution in [0.3, 0.4) is 0 Å². The summed E-state index contributed by atoms with van der Waals surface area (Å²) in [4.78, 5) is 30.0. The molecule has 0 spiro atoms. The molecule has 0 bridgehead atoms. The molecule has 3 aromatic rings. The first-order chi connectivity index (χ1) is 16.6. The van der Waals surface area contributed by atoms with Crippen molar-refractivity contribution in [1.29, 1.82) is 0 Å². The minimum atomic E-state index is -5.08. The Hall–Kier alpha value is -3.64. The van der Waals surface area contributed by atoms with Gasteiger partial charge in [-0.25, -0.2) is 14.6 Å². The van der Waals surface area contributed by atoms with Gasteiger partial charge in [-0.3, -0.25) is 4.57 Å². The maximum atomic E-state index is 12.6. The minimum Gasteiger partial charge on any atom is -0.475 e. The SMILES string of the molecule is CN1CCN(C(=O)NCc2ccc(-n3cnc4ccccc43)cc2)C(CN)C1.O=C(O)C(F)(F)F. The van der Waals surface area contributed by atoms with Gasteiger partial charge in [-0.1, -0.05) is 24.3 Å². The lowest BCUT2D eigenvalue weighted by atomic mass is 10.2. The van der Waals surface area contributed by atoms with Gasteiger partial charge < -0.3 is 26.0 Å². The van der Waals surface area contributed by atoms with Gasteiger partial charge in [0, 0.05) is 38.4 Å². The molecule has 0 saturated carbocycles. The van der Waals surface area contributed by atoms with Gasteiger partial charge >= 0.3 is 18.2 Å². The summed E-state index contributed by atoms with van der Waals surface area (Å²) in [6.07, 6.45) is -3.25. The third-order valence-corrected chi connectivity index (χ3v) is 5.57. The molecule has 9 nitrogen and oxygen atoms in total. The van der Waals surface area contributed by atoms with Crippen molar-refractivity contribution in [1.82, 2.24) is 24.7 Å². The van der Waals surface area contributed by atoms with Crippen molar-refractivity contribution >= 4 is 23.0 Å². The maximum absolute atomic E-state index is 12.6. The van der Waals surface area contributed by atoms with Gasteiger partial charge in [-0.15, -0.1) is 0 Å². The molecule has 1 unspecified atom stereocenters. The van der Waals surface area contributed by atoms with E-state index in [2.05, 4.69) is 32.9 Å². The molecule has 0 aliphatic carbocycles. The van der Waals surface area contributed by atoms with E-state index in [1.165, 1.54) is 0 Å². The minimum absolute atomic E-state index is 0.0479. The number of alkyl halides is 3. The highest BCUT2D eigenvalue weighted by molar-refractivity contribution is 5.77. The van der Waals surface area contributed by atoms with Crippen LogP contribution in [0, 0.1) is 0 Å². The molecule has 4 rings (SSSR count). The molecule has 1 aliphatic heterocycles. The van der Waals surface area contributed by atoms with Crippen LogP contribution in [0.4, 0.5) is 18.0 Å². The number of rotatable bonds is 4. The Labute approximate surface area is 199 Å². The number of nitrogens with zero attached hydrogens (tertiary/aromatic N) is 4. The van der Waals surface area contributed by atoms with Gasteiger partial charge in [-0.2, -0.15) is 13.2 Å². The highest BCUT2D eigenvalue weighted by Gasteiger charge is 2.38. The van der Waals surface area contributed by atoms with Gasteiger partial charge in [-0.05, 0) is 36.9 Å². The summed E-state index contributed by atoms with van der Waals surface area (Å²) >= 11 is 0. The second-order valence-electron chi connectivity index (χ2n) is 8.08. The first kappa shape index (κ1) is 26.0. The highest BCUT2D eigenvalue weighted by Crippen LogP contribution is 2.18. The number of carboxylic acids is 1. The predicted molar refractivity (Wildman–Crippen MR) is 124 cm³/mol. The molecule has 1 fully saturated rings. The van der Waals surface area contributed by atoms with E-state index in [-0.39, 0.29) is 12.1 Å². The Balaban J connectivity index is 0.000000429. The number of carbonyl (C=O) groups is 2. The number of hydrogen-bond donors (Lipinski definition) is 3. The van der Waals surface area contributed by atoms with Gasteiger partial charge in [0.1, 0.15) is 6.33 Å². The summed E-state index contributed by atoms with van der Waals surface area (Å²) in [5.41, 5.74) is 10.00. The number of carboxylic acid groups (broad SMARTS) is 1. The van der Waals surface area contributed by atoms with Crippen LogP contribution in [0.1, 0.15) is 5.56 Å². The zero-order valence-electron chi connectivity index (χ0n) is 19.1. The summed E-state index contributed by atoms with van der Waals surface area (Å²) in [7, 11) is 2.06. The van der Waals surface area contributed by atoms with Gasteiger partial charge in [0.25, 0.3) is 0 Å². The summed E-state index contributed by atoms with van der Waals surface area (Å²) in [5.74, 6) is -2.76. The molecule has 1 atom stereocenters. The Morgan fingerprint density at radius 1 is 1.14 bits per heavy atom. The van der Waals surface area contributed by atoms with E-state index in [0.29, 0.717) is 19.6 Å². The fourth-order valence-electron chi connectivity index (χ4n) is 3.70. The lowest BCUT2D eigenvalue weighted by molar-refractivity contribution is -0.192. The lowest BCUT2D eigenvalue weighted by Gasteiger charge is -2.39. The molecule has 4 N–H and O–H groups in total. The van der Waals surface area contributed by atoms with Crippen LogP contribution in [-0.2, 0) is 11.3 Å². The van der Waals surface area contributed by atoms with E-state index in [0.717, 1.165) is 35.4 Å². The van der Waals surface area contributed by atoms with E-state index in [4.69, 9.17) is 15.6 Å². The van der Waals surface area contributed by atoms with Gasteiger partial charge in [0.15, 0.2) is 0 Å². The highest BCUT2D eigenvalue weighted by atomic mass is 19.4. The molecule has 12 heteroatoms. The topological polar surface area (TPSA) is 117 Å². The standard InChI is InChI=1S/C21H26N6O.C2HF3O2/c1-25-10-11-26(18(12-22)14-25)21(28)23-13-16-6-8-17(9-7-16)27-15-24-19-4-2-3-5-20(19)27;3-2(4,5)1(6)7/h2-9,15,18H,10-14,22H2,1H3,(H,23,28);(H,6,7). The number of nitrogens with two attached hydrogens (primary N) is 1. The smallest absolute Gasteiger partial charge is 0.475 e. The number of likely N-dealkylation sites (N-methyl/N-ethyl adjacent to an activating group) is 1. The zero-order chi connectivity index (χ0) is 25.6. The molecule has 1 aromatic heterocycles. The number of aromatic nitrogens is 2. The van der Waals surface area contributed by atoms with Crippen molar-refractivity contribution in [2.24, 2.45) is 5.73 Å². The Bertz CT molecular complexity index is 1150. The largest absolute Gasteiger partial charge is 0.490 e. The predicted octanol–water partition coefficient (Wildman–Crippen LogP) is 2.44. The third kappa shape index (κ3) is 6.70. The molecule has 2 heterocycles. The number of piperazine rings is 1. The first-order valence-electron chi connectivity index (χ1n) is 10.8. The van der Waals surface area contributed by atoms with Crippen LogP contribution in [0.25, 0.3) is 16.7 Å². The molecule has 188 valence electrons. The molecule has 2 aromatic carbocycles. The lowest BCUT2D eigenvalue weighted by Crippen LogP contribution is -2.58. The molecule has 2 amide bonds. The van der Waals surface area contributed by atoms with Crippen LogP contribution >= 0.6 is 0 Å². The van der Waals surface area contributed by atoms with Gasteiger partial charge in [0.05, 0.1) is 17.1 Å². The number of para-hydroxylation sites is 2. The number of halogens is 3. The monoisotopic (exact) mass is 492 g/mol. The molecule has 0 radical (unpaired) electrons. The number of urea groups is 1. The Morgan fingerprint density at radius 2 is 1.80 bits per heavy atom. The number of carbonyl (C=O) groups excluding carboxylic acids is 1. The first-order valence-corrected chi connectivity index (χ1v) is 10.8. The second kappa shape index (κ2) is 11.2. The van der Waals surface area contributed by atoms with E-state index >= 15 is 0 Å². The van der Waals surface area contributed by atoms with Crippen molar-refractivity contribution in [2.75, 3.05) is 33.2 Å². The average Bonchev–Trinajstić information content (AvgIpc) is 3.27. The van der Waals surface area contributed by atoms with E-state index in [1.807, 2.05) is 53.7 Å². The summed E-state index contributed by atoms with van der Waals surface area (Å²) in [6.45, 7) is 3.37. The number of hydrogen-bond acceptors (Lipinski definition) is 5. The van der Waals surface area contributed by atoms with Crippen molar-refractivity contribution in [3.63, 3.8) is 0 Å². The van der Waals surface area contributed by atoms with Gasteiger partial charge in [0.2, 0.25) is 0 Å². The van der Waals surface area contributed by atoms with Crippen molar-refractivity contribution in [3.8, 4) is 5.69 Å². The molecule has 35 heavy (non-hydrogen) atoms. The Kier molecular flexibility index (Phi) is 8.30. The van der Waals surface area contributed by atoms with Crippen LogP contribution < -0.4 is 11.1 Å². The van der Waals surface area contributed by atoms with E-state index in [9.17, 15) is 18.0 Å². The zero-order valence-corrected chi connectivity index (χ0v) is 19.1. The van der Waals surface area contributed by atoms with Crippen LogP contribution in [0.15, 0.2) is 54.9 Å². The number of nitrogens with one attached hydrogen (secondary N) is 1. The quantitative estimate of drug-likeness (QED) is 0.515. The molecule has 1 saturated heterocycles. The maximum Gasteiger partial charge on any atom is 0.490 e. The fourth-order valence-corrected chi connectivity index (χ4v) is 3.70. The molecule has 1 aliphatic rings. The number of imidazole rings is 1. The number of amides is 2. The van der Waals surface area contributed by atoms with Crippen molar-refractivity contribution in [3.05, 3.63) is 60.4 Å². The summed E-state index contributed by atoms with van der Waals surface area (Å²) in [6, 6.07) is 16.2. The Morgan fingerprint density at radius 3 is 2.43 bits per heavy atom. The van der Waals surface area contributed by atoms with Crippen molar-refractivity contribution in [2.45, 2.75) is 18.8 Å². The average molecular weight is 493 g/mol. The second-order valence-corrected chi connectivity index (χ2v) is 8.08. The van der Waals surface area contributed by atoms with E-state index in [1.54, 1.807) is 0 Å². The van der Waals surface area contributed by atoms with Crippen LogP contribution in [0.5, 0.6) is 0 Å².